The van der Waals surface area contributed by atoms with Gasteiger partial charge in [-0.3, -0.25) is 0 Å². The van der Waals surface area contributed by atoms with Crippen molar-refractivity contribution in [2.75, 3.05) is 12.3 Å². The Kier molecular flexibility index (Phi) is 4.23. The number of nitrogens with zero attached hydrogens (tertiary/aromatic N) is 3. The third-order valence-electron chi connectivity index (χ3n) is 3.65. The van der Waals surface area contributed by atoms with Crippen molar-refractivity contribution >= 4 is 24.7 Å². The number of hydrogen-bond acceptors (Lipinski definition) is 5. The molecule has 0 fully saturated rings. The molecular weight excluding hydrogens is 308 g/mol. The molecule has 0 unspecified atom stereocenters. The normalized spacial score (nSPS) is 12.1. The summed E-state index contributed by atoms with van der Waals surface area (Å²) in [4.78, 5) is 3.97. The molecule has 7 heteroatoms. The summed E-state index contributed by atoms with van der Waals surface area (Å²) in [5, 5.41) is 5.56. The Hall–Kier alpha value is -2.12. The Bertz CT molecular complexity index is 790. The van der Waals surface area contributed by atoms with Gasteiger partial charge in [0.2, 0.25) is 0 Å². The number of oxazole rings is 1. The second kappa shape index (κ2) is 6.17. The predicted octanol–water partition coefficient (Wildman–Crippen LogP) is 3.59. The van der Waals surface area contributed by atoms with E-state index < -0.39 is 8.07 Å². The summed E-state index contributed by atoms with van der Waals surface area (Å²) in [6.45, 7) is 8.18. The summed E-state index contributed by atoms with van der Waals surface area (Å²) >= 11 is 0. The smallest absolute Gasteiger partial charge is 0.181 e. The monoisotopic (exact) mass is 330 g/mol. The van der Waals surface area contributed by atoms with E-state index in [1.54, 1.807) is 6.20 Å². The zero-order valence-electron chi connectivity index (χ0n) is 13.7. The van der Waals surface area contributed by atoms with Crippen LogP contribution in [0.1, 0.15) is 0 Å². The van der Waals surface area contributed by atoms with E-state index >= 15 is 0 Å². The molecule has 2 heterocycles. The molecule has 0 saturated carbocycles. The van der Waals surface area contributed by atoms with Crippen LogP contribution < -0.4 is 5.73 Å². The molecule has 3 aromatic rings. The van der Waals surface area contributed by atoms with E-state index in [4.69, 9.17) is 14.9 Å². The minimum atomic E-state index is -1.09. The van der Waals surface area contributed by atoms with Gasteiger partial charge in [-0.05, 0) is 24.2 Å². The number of aromatic nitrogens is 3. The van der Waals surface area contributed by atoms with Crippen molar-refractivity contribution in [1.29, 1.82) is 0 Å². The highest BCUT2D eigenvalue weighted by atomic mass is 28.3. The third kappa shape index (κ3) is 3.62. The van der Waals surface area contributed by atoms with Crippen LogP contribution in [0.15, 0.2) is 35.2 Å². The number of rotatable bonds is 6. The summed E-state index contributed by atoms with van der Waals surface area (Å²) in [5.41, 5.74) is 8.31. The molecule has 0 saturated heterocycles. The van der Waals surface area contributed by atoms with Crippen molar-refractivity contribution < 1.29 is 9.15 Å². The standard InChI is InChI=1S/C16H22N4O2Si/c1-23(2,3)7-6-21-11-20-14-5-4-12(17)8-13(14)16(19-20)15-9-18-10-22-15/h4-5,8-10H,6-7,11,17H2,1-3H3. The van der Waals surface area contributed by atoms with Gasteiger partial charge < -0.3 is 14.9 Å². The maximum atomic E-state index is 5.92. The molecule has 2 N–H and O–H groups in total. The molecule has 0 aliphatic rings. The molecule has 122 valence electrons. The van der Waals surface area contributed by atoms with Gasteiger partial charge in [0.25, 0.3) is 0 Å². The van der Waals surface area contributed by atoms with E-state index in [9.17, 15) is 0 Å². The highest BCUT2D eigenvalue weighted by molar-refractivity contribution is 6.76. The SMILES string of the molecule is C[Si](C)(C)CCOCn1nc(-c2cnco2)c2cc(N)ccc21. The third-order valence-corrected chi connectivity index (χ3v) is 5.35. The maximum absolute atomic E-state index is 5.92. The number of nitrogens with two attached hydrogens (primary N) is 1. The molecule has 0 aliphatic carbocycles. The van der Waals surface area contributed by atoms with Gasteiger partial charge in [0, 0.05) is 25.8 Å². The fraction of sp³-hybridized carbons (Fsp3) is 0.375. The van der Waals surface area contributed by atoms with Gasteiger partial charge in [0.15, 0.2) is 12.2 Å². The molecular formula is C16H22N4O2Si. The van der Waals surface area contributed by atoms with Crippen LogP contribution in [0.2, 0.25) is 25.7 Å². The van der Waals surface area contributed by atoms with Gasteiger partial charge in [-0.15, -0.1) is 0 Å². The minimum absolute atomic E-state index is 0.416. The second-order valence-electron chi connectivity index (χ2n) is 6.84. The fourth-order valence-electron chi connectivity index (χ4n) is 2.34. The average Bonchev–Trinajstić information content (AvgIpc) is 3.09. The number of anilines is 1. The number of nitrogen functional groups attached to an aromatic ring is 1. The summed E-state index contributed by atoms with van der Waals surface area (Å²) in [7, 11) is -1.09. The Morgan fingerprint density at radius 2 is 2.13 bits per heavy atom. The van der Waals surface area contributed by atoms with Crippen molar-refractivity contribution in [2.24, 2.45) is 0 Å². The van der Waals surface area contributed by atoms with Crippen LogP contribution in [0.3, 0.4) is 0 Å². The predicted molar refractivity (Wildman–Crippen MR) is 93.7 cm³/mol. The largest absolute Gasteiger partial charge is 0.442 e. The van der Waals surface area contributed by atoms with Crippen molar-refractivity contribution in [3.63, 3.8) is 0 Å². The summed E-state index contributed by atoms with van der Waals surface area (Å²) in [5.74, 6) is 0.626. The quantitative estimate of drug-likeness (QED) is 0.424. The van der Waals surface area contributed by atoms with Gasteiger partial charge in [-0.2, -0.15) is 5.10 Å². The molecule has 0 aliphatic heterocycles. The summed E-state index contributed by atoms with van der Waals surface area (Å²) in [6.07, 6.45) is 3.05. The van der Waals surface area contributed by atoms with E-state index in [0.717, 1.165) is 29.2 Å². The number of benzene rings is 1. The van der Waals surface area contributed by atoms with Crippen LogP contribution in [-0.2, 0) is 11.5 Å². The number of fused-ring (bicyclic) bond motifs is 1. The Balaban J connectivity index is 1.86. The van der Waals surface area contributed by atoms with E-state index in [1.807, 2.05) is 22.9 Å². The summed E-state index contributed by atoms with van der Waals surface area (Å²) in [6, 6.07) is 6.86. The van der Waals surface area contributed by atoms with Crippen LogP contribution in [0.5, 0.6) is 0 Å². The number of hydrogen-bond donors (Lipinski definition) is 1. The lowest BCUT2D eigenvalue weighted by molar-refractivity contribution is 0.0818. The first-order valence-corrected chi connectivity index (χ1v) is 11.4. The minimum Gasteiger partial charge on any atom is -0.442 e. The van der Waals surface area contributed by atoms with E-state index in [1.165, 1.54) is 6.39 Å². The van der Waals surface area contributed by atoms with Crippen molar-refractivity contribution in [3.05, 3.63) is 30.8 Å². The van der Waals surface area contributed by atoms with Crippen LogP contribution in [0, 0.1) is 0 Å². The first-order valence-electron chi connectivity index (χ1n) is 7.67. The van der Waals surface area contributed by atoms with Crippen molar-refractivity contribution in [1.82, 2.24) is 14.8 Å². The van der Waals surface area contributed by atoms with Crippen molar-refractivity contribution in [2.45, 2.75) is 32.4 Å². The van der Waals surface area contributed by atoms with Gasteiger partial charge in [-0.25, -0.2) is 9.67 Å². The van der Waals surface area contributed by atoms with Gasteiger partial charge in [-0.1, -0.05) is 19.6 Å². The fourth-order valence-corrected chi connectivity index (χ4v) is 3.10. The lowest BCUT2D eigenvalue weighted by Crippen LogP contribution is -2.22. The Morgan fingerprint density at radius 3 is 2.83 bits per heavy atom. The first kappa shape index (κ1) is 15.8. The van der Waals surface area contributed by atoms with Crippen LogP contribution in [0.25, 0.3) is 22.4 Å². The van der Waals surface area contributed by atoms with Gasteiger partial charge in [0.1, 0.15) is 12.4 Å². The molecule has 2 aromatic heterocycles. The Morgan fingerprint density at radius 1 is 1.30 bits per heavy atom. The van der Waals surface area contributed by atoms with E-state index in [2.05, 4.69) is 29.7 Å². The van der Waals surface area contributed by atoms with E-state index in [-0.39, 0.29) is 0 Å². The maximum Gasteiger partial charge on any atom is 0.181 e. The average molecular weight is 330 g/mol. The first-order chi connectivity index (χ1) is 10.9. The van der Waals surface area contributed by atoms with Gasteiger partial charge >= 0.3 is 0 Å². The topological polar surface area (TPSA) is 79.1 Å². The highest BCUT2D eigenvalue weighted by Gasteiger charge is 2.16. The van der Waals surface area contributed by atoms with E-state index in [0.29, 0.717) is 18.2 Å². The second-order valence-corrected chi connectivity index (χ2v) is 12.5. The van der Waals surface area contributed by atoms with Crippen molar-refractivity contribution in [3.8, 4) is 11.5 Å². The molecule has 23 heavy (non-hydrogen) atoms. The summed E-state index contributed by atoms with van der Waals surface area (Å²) < 4.78 is 13.1. The lowest BCUT2D eigenvalue weighted by atomic mass is 10.1. The molecule has 3 rings (SSSR count). The number of ether oxygens (including phenoxy) is 1. The molecule has 6 nitrogen and oxygen atoms in total. The zero-order chi connectivity index (χ0) is 16.4. The van der Waals surface area contributed by atoms with Crippen LogP contribution >= 0.6 is 0 Å². The molecule has 0 spiro atoms. The molecule has 0 radical (unpaired) electrons. The van der Waals surface area contributed by atoms with Crippen LogP contribution in [0.4, 0.5) is 5.69 Å². The molecule has 0 bridgehead atoms. The highest BCUT2D eigenvalue weighted by Crippen LogP contribution is 2.29. The molecule has 0 amide bonds. The van der Waals surface area contributed by atoms with Crippen LogP contribution in [-0.4, -0.2) is 29.4 Å². The lowest BCUT2D eigenvalue weighted by Gasteiger charge is -2.15. The molecule has 0 atom stereocenters. The zero-order valence-corrected chi connectivity index (χ0v) is 14.7. The van der Waals surface area contributed by atoms with Gasteiger partial charge in [0.05, 0.1) is 11.7 Å². The molecule has 1 aromatic carbocycles. The Labute approximate surface area is 136 Å².